The maximum absolute atomic E-state index is 12.0. The van der Waals surface area contributed by atoms with E-state index < -0.39 is 0 Å². The molecule has 0 bridgehead atoms. The molecule has 1 amide bonds. The van der Waals surface area contributed by atoms with E-state index in [9.17, 15) is 4.79 Å². The third kappa shape index (κ3) is 2.86. The first-order valence-electron chi connectivity index (χ1n) is 6.58. The third-order valence-corrected chi connectivity index (χ3v) is 3.31. The minimum atomic E-state index is -0.194. The van der Waals surface area contributed by atoms with Crippen molar-refractivity contribution in [3.63, 3.8) is 0 Å². The average molecular weight is 266 g/mol. The van der Waals surface area contributed by atoms with Crippen LogP contribution in [0.4, 0.5) is 5.69 Å². The fourth-order valence-corrected chi connectivity index (χ4v) is 1.99. The van der Waals surface area contributed by atoms with Crippen molar-refractivity contribution < 1.29 is 4.79 Å². The van der Waals surface area contributed by atoms with Gasteiger partial charge in [-0.15, -0.1) is 0 Å². The number of anilines is 1. The number of nitrogens with zero attached hydrogens (tertiary/aromatic N) is 3. The molecule has 2 aromatic rings. The van der Waals surface area contributed by atoms with Crippen molar-refractivity contribution >= 4 is 11.6 Å². The van der Waals surface area contributed by atoms with E-state index in [1.54, 1.807) is 30.5 Å². The lowest BCUT2D eigenvalue weighted by Crippen LogP contribution is -2.11. The largest absolute Gasteiger partial charge is 0.319 e. The molecule has 0 radical (unpaired) electrons. The van der Waals surface area contributed by atoms with Gasteiger partial charge in [0, 0.05) is 18.3 Å². The normalized spacial score (nSPS) is 13.8. The fraction of sp³-hybridized carbons (Fsp3) is 0.267. The van der Waals surface area contributed by atoms with E-state index in [0.29, 0.717) is 16.8 Å². The summed E-state index contributed by atoms with van der Waals surface area (Å²) < 4.78 is 1.87. The van der Waals surface area contributed by atoms with Crippen molar-refractivity contribution in [1.29, 1.82) is 5.26 Å². The number of hydrogen-bond donors (Lipinski definition) is 1. The van der Waals surface area contributed by atoms with Gasteiger partial charge >= 0.3 is 0 Å². The van der Waals surface area contributed by atoms with Crippen LogP contribution in [-0.4, -0.2) is 15.7 Å². The molecule has 0 saturated heterocycles. The van der Waals surface area contributed by atoms with Crippen LogP contribution in [0.3, 0.4) is 0 Å². The Hall–Kier alpha value is -2.61. The summed E-state index contributed by atoms with van der Waals surface area (Å²) in [5.74, 6) is 0.553. The first-order valence-corrected chi connectivity index (χ1v) is 6.58. The average Bonchev–Trinajstić information content (AvgIpc) is 3.18. The van der Waals surface area contributed by atoms with Gasteiger partial charge in [-0.3, -0.25) is 9.48 Å². The maximum atomic E-state index is 12.0. The molecular formula is C15H14N4O. The number of benzene rings is 1. The van der Waals surface area contributed by atoms with Gasteiger partial charge in [-0.25, -0.2) is 0 Å². The minimum absolute atomic E-state index is 0.194. The number of hydrogen-bond acceptors (Lipinski definition) is 3. The fourth-order valence-electron chi connectivity index (χ4n) is 1.99. The van der Waals surface area contributed by atoms with E-state index in [4.69, 9.17) is 5.26 Å². The molecule has 1 aliphatic carbocycles. The Morgan fingerprint density at radius 3 is 2.80 bits per heavy atom. The minimum Gasteiger partial charge on any atom is -0.319 e. The molecule has 3 rings (SSSR count). The van der Waals surface area contributed by atoms with E-state index in [-0.39, 0.29) is 5.91 Å². The van der Waals surface area contributed by atoms with Crippen LogP contribution in [0.15, 0.2) is 36.7 Å². The molecule has 5 heteroatoms. The monoisotopic (exact) mass is 266 g/mol. The van der Waals surface area contributed by atoms with Gasteiger partial charge < -0.3 is 5.32 Å². The molecule has 0 spiro atoms. The molecule has 5 nitrogen and oxygen atoms in total. The van der Waals surface area contributed by atoms with Crippen molar-refractivity contribution in [2.75, 3.05) is 5.32 Å². The van der Waals surface area contributed by atoms with Crippen molar-refractivity contribution in [3.8, 4) is 6.07 Å². The van der Waals surface area contributed by atoms with Crippen LogP contribution in [0.1, 0.15) is 28.8 Å². The number of carbonyl (C=O) groups excluding carboxylic acids is 1. The molecular weight excluding hydrogens is 252 g/mol. The molecule has 1 N–H and O–H groups in total. The number of nitrogens with one attached hydrogen (secondary N) is 1. The zero-order valence-corrected chi connectivity index (χ0v) is 10.9. The molecule has 1 aromatic heterocycles. The van der Waals surface area contributed by atoms with Gasteiger partial charge in [-0.05, 0) is 43.0 Å². The van der Waals surface area contributed by atoms with E-state index in [2.05, 4.69) is 10.4 Å². The van der Waals surface area contributed by atoms with Gasteiger partial charge in [0.05, 0.1) is 23.5 Å². The highest BCUT2D eigenvalue weighted by molar-refractivity contribution is 6.04. The van der Waals surface area contributed by atoms with Crippen molar-refractivity contribution in [2.45, 2.75) is 19.4 Å². The van der Waals surface area contributed by atoms with Gasteiger partial charge in [0.2, 0.25) is 0 Å². The molecule has 1 aliphatic rings. The zero-order valence-electron chi connectivity index (χ0n) is 10.9. The highest BCUT2D eigenvalue weighted by atomic mass is 16.1. The first kappa shape index (κ1) is 12.4. The topological polar surface area (TPSA) is 70.7 Å². The predicted molar refractivity (Wildman–Crippen MR) is 74.1 cm³/mol. The molecule has 1 saturated carbocycles. The van der Waals surface area contributed by atoms with E-state index in [1.807, 2.05) is 16.9 Å². The van der Waals surface area contributed by atoms with Gasteiger partial charge in [0.1, 0.15) is 0 Å². The highest BCUT2D eigenvalue weighted by Crippen LogP contribution is 2.30. The van der Waals surface area contributed by atoms with Gasteiger partial charge in [-0.2, -0.15) is 10.4 Å². The number of aromatic nitrogens is 2. The second-order valence-corrected chi connectivity index (χ2v) is 5.04. The van der Waals surface area contributed by atoms with Crippen molar-refractivity contribution in [1.82, 2.24) is 9.78 Å². The highest BCUT2D eigenvalue weighted by Gasteiger charge is 2.22. The summed E-state index contributed by atoms with van der Waals surface area (Å²) in [5.41, 5.74) is 1.76. The van der Waals surface area contributed by atoms with Gasteiger partial charge in [0.25, 0.3) is 5.91 Å². The van der Waals surface area contributed by atoms with Crippen LogP contribution in [0.2, 0.25) is 0 Å². The summed E-state index contributed by atoms with van der Waals surface area (Å²) in [6.45, 7) is 0.923. The Labute approximate surface area is 116 Å². The van der Waals surface area contributed by atoms with Gasteiger partial charge in [0.15, 0.2) is 0 Å². The molecule has 1 fully saturated rings. The summed E-state index contributed by atoms with van der Waals surface area (Å²) in [7, 11) is 0. The van der Waals surface area contributed by atoms with Crippen LogP contribution in [0.25, 0.3) is 0 Å². The van der Waals surface area contributed by atoms with Crippen LogP contribution >= 0.6 is 0 Å². The second kappa shape index (κ2) is 5.17. The van der Waals surface area contributed by atoms with Crippen LogP contribution < -0.4 is 5.32 Å². The predicted octanol–water partition coefficient (Wildman–Crippen LogP) is 2.42. The van der Waals surface area contributed by atoms with Crippen molar-refractivity contribution in [2.24, 2.45) is 5.92 Å². The van der Waals surface area contributed by atoms with Crippen LogP contribution in [-0.2, 0) is 6.54 Å². The summed E-state index contributed by atoms with van der Waals surface area (Å²) in [4.78, 5) is 12.0. The quantitative estimate of drug-likeness (QED) is 0.923. The summed E-state index contributed by atoms with van der Waals surface area (Å²) in [6.07, 6.45) is 6.05. The Bertz CT molecular complexity index is 662. The number of carbonyl (C=O) groups is 1. The second-order valence-electron chi connectivity index (χ2n) is 5.04. The Morgan fingerprint density at radius 1 is 1.40 bits per heavy atom. The molecule has 0 atom stereocenters. The zero-order chi connectivity index (χ0) is 13.9. The number of nitriles is 1. The number of amides is 1. The molecule has 1 heterocycles. The Morgan fingerprint density at radius 2 is 2.15 bits per heavy atom. The smallest absolute Gasteiger partial charge is 0.255 e. The SMILES string of the molecule is N#Cc1ccc(C(=O)Nc2cnn(CC3CC3)c2)cc1. The van der Waals surface area contributed by atoms with Crippen molar-refractivity contribution in [3.05, 3.63) is 47.8 Å². The van der Waals surface area contributed by atoms with Crippen LogP contribution in [0.5, 0.6) is 0 Å². The molecule has 0 aliphatic heterocycles. The molecule has 1 aromatic carbocycles. The lowest BCUT2D eigenvalue weighted by Gasteiger charge is -2.02. The standard InChI is InChI=1S/C15H14N4O/c16-7-11-3-5-13(6-4-11)15(20)18-14-8-17-19(10-14)9-12-1-2-12/h3-6,8,10,12H,1-2,9H2,(H,18,20). The van der Waals surface area contributed by atoms with Gasteiger partial charge in [-0.1, -0.05) is 0 Å². The molecule has 0 unspecified atom stereocenters. The lowest BCUT2D eigenvalue weighted by atomic mass is 10.1. The van der Waals surface area contributed by atoms with E-state index in [1.165, 1.54) is 12.8 Å². The maximum Gasteiger partial charge on any atom is 0.255 e. The summed E-state index contributed by atoms with van der Waals surface area (Å²) in [5, 5.41) is 15.8. The van der Waals surface area contributed by atoms with Crippen LogP contribution in [0, 0.1) is 17.2 Å². The molecule has 100 valence electrons. The molecule has 20 heavy (non-hydrogen) atoms. The Balaban J connectivity index is 1.65. The van der Waals surface area contributed by atoms with E-state index >= 15 is 0 Å². The third-order valence-electron chi connectivity index (χ3n) is 3.31. The number of rotatable bonds is 4. The van der Waals surface area contributed by atoms with E-state index in [0.717, 1.165) is 12.5 Å². The summed E-state index contributed by atoms with van der Waals surface area (Å²) in [6, 6.07) is 8.57. The summed E-state index contributed by atoms with van der Waals surface area (Å²) >= 11 is 0. The Kier molecular flexibility index (Phi) is 3.21. The first-order chi connectivity index (χ1) is 9.74. The lowest BCUT2D eigenvalue weighted by molar-refractivity contribution is 0.102.